The van der Waals surface area contributed by atoms with Crippen molar-refractivity contribution in [3.8, 4) is 0 Å². The van der Waals surface area contributed by atoms with Gasteiger partial charge in [-0.15, -0.1) is 0 Å². The fraction of sp³-hybridized carbons (Fsp3) is 0.636. The molecular weight excluding hydrogens is 242 g/mol. The first-order valence-electron chi connectivity index (χ1n) is 5.50. The highest BCUT2D eigenvalue weighted by molar-refractivity contribution is 7.80. The van der Waals surface area contributed by atoms with Gasteiger partial charge in [-0.1, -0.05) is 19.8 Å². The molecule has 3 N–H and O–H groups in total. The average molecular weight is 263 g/mol. The number of nitrogens with one attached hydrogen (secondary N) is 1. The molecule has 100 valence electrons. The Hall–Kier alpha value is -1.01. The standard InChI is InChI=1S/C7H17NS.C4H4O4/c1-2-3-4-5-8-6-7-9;5-3(6)1-2-4(7)8/h8-9H,2-7H2,1H3;1-2H,(H,5,6)(H,7,8). The number of aliphatic carboxylic acids is 2. The highest BCUT2D eigenvalue weighted by Gasteiger charge is 1.88. The third-order valence-corrected chi connectivity index (χ3v) is 1.84. The predicted octanol–water partition coefficient (Wildman–Crippen LogP) is 1.41. The first-order valence-corrected chi connectivity index (χ1v) is 6.13. The summed E-state index contributed by atoms with van der Waals surface area (Å²) in [5.41, 5.74) is 0. The van der Waals surface area contributed by atoms with Gasteiger partial charge in [0, 0.05) is 24.4 Å². The van der Waals surface area contributed by atoms with E-state index in [-0.39, 0.29) is 0 Å². The molecule has 0 radical (unpaired) electrons. The lowest BCUT2D eigenvalue weighted by molar-refractivity contribution is -0.134. The van der Waals surface area contributed by atoms with E-state index in [0.29, 0.717) is 12.2 Å². The van der Waals surface area contributed by atoms with Crippen LogP contribution in [0.3, 0.4) is 0 Å². The highest BCUT2D eigenvalue weighted by atomic mass is 32.1. The van der Waals surface area contributed by atoms with Gasteiger partial charge in [-0.2, -0.15) is 12.6 Å². The number of carbonyl (C=O) groups is 2. The lowest BCUT2D eigenvalue weighted by Crippen LogP contribution is -2.17. The average Bonchev–Trinajstić information content (AvgIpc) is 2.27. The summed E-state index contributed by atoms with van der Waals surface area (Å²) in [6.07, 6.45) is 5.08. The summed E-state index contributed by atoms with van der Waals surface area (Å²) in [5, 5.41) is 18.9. The molecule has 0 unspecified atom stereocenters. The highest BCUT2D eigenvalue weighted by Crippen LogP contribution is 1.90. The van der Waals surface area contributed by atoms with Crippen molar-refractivity contribution in [2.45, 2.75) is 26.2 Å². The first-order chi connectivity index (χ1) is 8.04. The van der Waals surface area contributed by atoms with Crippen molar-refractivity contribution < 1.29 is 19.8 Å². The zero-order valence-corrected chi connectivity index (χ0v) is 10.9. The van der Waals surface area contributed by atoms with Gasteiger partial charge in [-0.3, -0.25) is 0 Å². The van der Waals surface area contributed by atoms with Gasteiger partial charge in [-0.25, -0.2) is 9.59 Å². The number of rotatable bonds is 8. The number of thiol groups is 1. The van der Waals surface area contributed by atoms with Crippen LogP contribution >= 0.6 is 12.6 Å². The SMILES string of the molecule is CCCCCNCCS.O=C(O)C=CC(=O)O. The van der Waals surface area contributed by atoms with E-state index in [9.17, 15) is 9.59 Å². The van der Waals surface area contributed by atoms with Crippen LogP contribution in [0.1, 0.15) is 26.2 Å². The summed E-state index contributed by atoms with van der Waals surface area (Å²) >= 11 is 4.08. The molecular formula is C11H21NO4S. The Balaban J connectivity index is 0. The van der Waals surface area contributed by atoms with E-state index in [1.807, 2.05) is 0 Å². The lowest BCUT2D eigenvalue weighted by Gasteiger charge is -1.99. The van der Waals surface area contributed by atoms with Crippen LogP contribution in [0.4, 0.5) is 0 Å². The zero-order chi connectivity index (χ0) is 13.5. The summed E-state index contributed by atoms with van der Waals surface area (Å²) in [5.74, 6) is -1.56. The zero-order valence-electron chi connectivity index (χ0n) is 10.1. The van der Waals surface area contributed by atoms with Crippen molar-refractivity contribution in [2.24, 2.45) is 0 Å². The monoisotopic (exact) mass is 263 g/mol. The summed E-state index contributed by atoms with van der Waals surface area (Å²) < 4.78 is 0. The Labute approximate surface area is 107 Å². The molecule has 0 saturated heterocycles. The fourth-order valence-electron chi connectivity index (χ4n) is 0.847. The second-order valence-electron chi connectivity index (χ2n) is 3.19. The molecule has 5 nitrogen and oxygen atoms in total. The first kappa shape index (κ1) is 18.4. The minimum atomic E-state index is -1.26. The van der Waals surface area contributed by atoms with Gasteiger partial charge in [0.1, 0.15) is 0 Å². The van der Waals surface area contributed by atoms with Gasteiger partial charge in [0.2, 0.25) is 0 Å². The second-order valence-corrected chi connectivity index (χ2v) is 3.64. The lowest BCUT2D eigenvalue weighted by atomic mass is 10.2. The molecule has 0 aliphatic rings. The Morgan fingerprint density at radius 1 is 1.12 bits per heavy atom. The molecule has 0 heterocycles. The molecule has 0 fully saturated rings. The van der Waals surface area contributed by atoms with Gasteiger partial charge in [-0.05, 0) is 13.0 Å². The maximum atomic E-state index is 9.55. The largest absolute Gasteiger partial charge is 0.478 e. The molecule has 0 rings (SSSR count). The normalized spacial score (nSPS) is 9.76. The number of carboxylic acid groups (broad SMARTS) is 2. The quantitative estimate of drug-likeness (QED) is 0.302. The van der Waals surface area contributed by atoms with Crippen LogP contribution in [0.5, 0.6) is 0 Å². The van der Waals surface area contributed by atoms with E-state index in [1.54, 1.807) is 0 Å². The molecule has 0 spiro atoms. The van der Waals surface area contributed by atoms with Crippen LogP contribution in [0, 0.1) is 0 Å². The Morgan fingerprint density at radius 3 is 2.00 bits per heavy atom. The van der Waals surface area contributed by atoms with Crippen molar-refractivity contribution in [1.82, 2.24) is 5.32 Å². The summed E-state index contributed by atoms with van der Waals surface area (Å²) in [6, 6.07) is 0. The topological polar surface area (TPSA) is 86.6 Å². The van der Waals surface area contributed by atoms with Gasteiger partial charge in [0.15, 0.2) is 0 Å². The molecule has 6 heteroatoms. The van der Waals surface area contributed by atoms with Gasteiger partial charge < -0.3 is 15.5 Å². The van der Waals surface area contributed by atoms with Crippen LogP contribution < -0.4 is 5.32 Å². The maximum absolute atomic E-state index is 9.55. The maximum Gasteiger partial charge on any atom is 0.328 e. The van der Waals surface area contributed by atoms with Crippen LogP contribution in [-0.4, -0.2) is 41.0 Å². The summed E-state index contributed by atoms with van der Waals surface area (Å²) in [6.45, 7) is 4.43. The van der Waals surface area contributed by atoms with Crippen LogP contribution in [0.2, 0.25) is 0 Å². The Kier molecular flexibility index (Phi) is 16.2. The molecule has 0 atom stereocenters. The Bertz CT molecular complexity index is 210. The Morgan fingerprint density at radius 2 is 1.65 bits per heavy atom. The van der Waals surface area contributed by atoms with E-state index in [1.165, 1.54) is 19.3 Å². The molecule has 0 aromatic rings. The van der Waals surface area contributed by atoms with Crippen LogP contribution in [-0.2, 0) is 9.59 Å². The van der Waals surface area contributed by atoms with Crippen LogP contribution in [0.25, 0.3) is 0 Å². The smallest absolute Gasteiger partial charge is 0.328 e. The van der Waals surface area contributed by atoms with Crippen molar-refractivity contribution in [3.05, 3.63) is 12.2 Å². The number of carboxylic acids is 2. The van der Waals surface area contributed by atoms with Crippen molar-refractivity contribution in [2.75, 3.05) is 18.8 Å². The molecule has 0 aliphatic heterocycles. The van der Waals surface area contributed by atoms with Crippen LogP contribution in [0.15, 0.2) is 12.2 Å². The summed E-state index contributed by atoms with van der Waals surface area (Å²) in [7, 11) is 0. The molecule has 17 heavy (non-hydrogen) atoms. The molecule has 0 aromatic carbocycles. The van der Waals surface area contributed by atoms with Crippen molar-refractivity contribution in [3.63, 3.8) is 0 Å². The number of hydrogen-bond donors (Lipinski definition) is 4. The van der Waals surface area contributed by atoms with Gasteiger partial charge in [0.25, 0.3) is 0 Å². The fourth-order valence-corrected chi connectivity index (χ4v) is 1.00. The van der Waals surface area contributed by atoms with E-state index in [4.69, 9.17) is 10.2 Å². The van der Waals surface area contributed by atoms with Gasteiger partial charge >= 0.3 is 11.9 Å². The van der Waals surface area contributed by atoms with E-state index in [0.717, 1.165) is 18.8 Å². The number of hydrogen-bond acceptors (Lipinski definition) is 4. The van der Waals surface area contributed by atoms with E-state index >= 15 is 0 Å². The van der Waals surface area contributed by atoms with E-state index < -0.39 is 11.9 Å². The molecule has 0 bridgehead atoms. The minimum absolute atomic E-state index is 0.558. The molecule has 0 aliphatic carbocycles. The second kappa shape index (κ2) is 15.0. The minimum Gasteiger partial charge on any atom is -0.478 e. The van der Waals surface area contributed by atoms with Crippen molar-refractivity contribution >= 4 is 24.6 Å². The summed E-state index contributed by atoms with van der Waals surface area (Å²) in [4.78, 5) is 19.1. The molecule has 0 saturated carbocycles. The van der Waals surface area contributed by atoms with Gasteiger partial charge in [0.05, 0.1) is 0 Å². The van der Waals surface area contributed by atoms with Crippen molar-refractivity contribution in [1.29, 1.82) is 0 Å². The third kappa shape index (κ3) is 25.3. The third-order valence-electron chi connectivity index (χ3n) is 1.61. The number of unbranched alkanes of at least 4 members (excludes halogenated alkanes) is 2. The van der Waals surface area contributed by atoms with E-state index in [2.05, 4.69) is 24.9 Å². The predicted molar refractivity (Wildman–Crippen MR) is 70.7 cm³/mol. The molecule has 0 aromatic heterocycles. The molecule has 0 amide bonds.